The Morgan fingerprint density at radius 2 is 1.35 bits per heavy atom. The Hall–Kier alpha value is -0.0400. The van der Waals surface area contributed by atoms with Crippen molar-refractivity contribution in [3.63, 3.8) is 0 Å². The fraction of sp³-hybridized carbons (Fsp3) is 1.00. The minimum atomic E-state index is 0.839. The molecule has 1 heteroatoms. The van der Waals surface area contributed by atoms with Crippen molar-refractivity contribution in [2.24, 2.45) is 0 Å². The van der Waals surface area contributed by atoms with Gasteiger partial charge in [-0.1, -0.05) is 65.7 Å². The van der Waals surface area contributed by atoms with Gasteiger partial charge in [0.15, 0.2) is 0 Å². The third-order valence-corrected chi connectivity index (χ3v) is 3.75. The fourth-order valence-corrected chi connectivity index (χ4v) is 2.51. The van der Waals surface area contributed by atoms with E-state index in [-0.39, 0.29) is 0 Å². The summed E-state index contributed by atoms with van der Waals surface area (Å²) in [5, 5.41) is 0. The number of nitrogens with zero attached hydrogens (tertiary/aromatic N) is 1. The van der Waals surface area contributed by atoms with Crippen molar-refractivity contribution in [1.29, 1.82) is 0 Å². The minimum Gasteiger partial charge on any atom is -0.303 e. The highest BCUT2D eigenvalue weighted by atomic mass is 15.1. The highest BCUT2D eigenvalue weighted by molar-refractivity contribution is 4.68. The molecule has 0 aliphatic carbocycles. The topological polar surface area (TPSA) is 3.24 Å². The molecule has 1 unspecified atom stereocenters. The Morgan fingerprint density at radius 1 is 0.706 bits per heavy atom. The van der Waals surface area contributed by atoms with Gasteiger partial charge < -0.3 is 4.90 Å². The van der Waals surface area contributed by atoms with Crippen LogP contribution in [-0.2, 0) is 0 Å². The molecule has 17 heavy (non-hydrogen) atoms. The van der Waals surface area contributed by atoms with Crippen molar-refractivity contribution in [2.75, 3.05) is 13.6 Å². The first kappa shape index (κ1) is 17.0. The molecule has 0 fully saturated rings. The lowest BCUT2D eigenvalue weighted by molar-refractivity contribution is 0.209. The van der Waals surface area contributed by atoms with E-state index in [1.807, 2.05) is 0 Å². The Balaban J connectivity index is 3.68. The van der Waals surface area contributed by atoms with Crippen molar-refractivity contribution in [2.45, 2.75) is 91.0 Å². The van der Waals surface area contributed by atoms with Crippen LogP contribution in [0.15, 0.2) is 0 Å². The molecular weight excluding hydrogens is 206 g/mol. The maximum atomic E-state index is 2.62. The van der Waals surface area contributed by atoms with Gasteiger partial charge in [-0.3, -0.25) is 0 Å². The second-order valence-electron chi connectivity index (χ2n) is 5.48. The molecule has 0 saturated carbocycles. The van der Waals surface area contributed by atoms with E-state index in [0.29, 0.717) is 0 Å². The standard InChI is InChI=1S/C16H35N/c1-5-8-10-11-12-15-17(4)16(13-7-3)14-9-6-2/h16H,5-15H2,1-4H3. The molecule has 0 spiro atoms. The van der Waals surface area contributed by atoms with Crippen molar-refractivity contribution < 1.29 is 0 Å². The van der Waals surface area contributed by atoms with Crippen molar-refractivity contribution in [3.05, 3.63) is 0 Å². The summed E-state index contributed by atoms with van der Waals surface area (Å²) in [7, 11) is 2.33. The van der Waals surface area contributed by atoms with Gasteiger partial charge in [-0.2, -0.15) is 0 Å². The van der Waals surface area contributed by atoms with Gasteiger partial charge in [0.1, 0.15) is 0 Å². The maximum absolute atomic E-state index is 2.62. The van der Waals surface area contributed by atoms with Crippen LogP contribution in [0.5, 0.6) is 0 Å². The van der Waals surface area contributed by atoms with Gasteiger partial charge in [0.25, 0.3) is 0 Å². The van der Waals surface area contributed by atoms with Gasteiger partial charge in [0.2, 0.25) is 0 Å². The van der Waals surface area contributed by atoms with Gasteiger partial charge in [0.05, 0.1) is 0 Å². The van der Waals surface area contributed by atoms with E-state index in [9.17, 15) is 0 Å². The molecular formula is C16H35N. The van der Waals surface area contributed by atoms with E-state index in [0.717, 1.165) is 6.04 Å². The molecule has 0 aromatic carbocycles. The van der Waals surface area contributed by atoms with Gasteiger partial charge in [-0.15, -0.1) is 0 Å². The average Bonchev–Trinajstić information content (AvgIpc) is 2.34. The number of unbranched alkanes of at least 4 members (excludes halogenated alkanes) is 5. The summed E-state index contributed by atoms with van der Waals surface area (Å²) in [6.07, 6.45) is 13.8. The fourth-order valence-electron chi connectivity index (χ4n) is 2.51. The van der Waals surface area contributed by atoms with Gasteiger partial charge in [0, 0.05) is 6.04 Å². The van der Waals surface area contributed by atoms with E-state index < -0.39 is 0 Å². The Kier molecular flexibility index (Phi) is 12.4. The first-order valence-electron chi connectivity index (χ1n) is 7.96. The van der Waals surface area contributed by atoms with E-state index in [4.69, 9.17) is 0 Å². The molecule has 0 aromatic rings. The van der Waals surface area contributed by atoms with Gasteiger partial charge in [-0.05, 0) is 32.9 Å². The third kappa shape index (κ3) is 9.64. The lowest BCUT2D eigenvalue weighted by Crippen LogP contribution is -2.32. The highest BCUT2D eigenvalue weighted by Crippen LogP contribution is 2.14. The quantitative estimate of drug-likeness (QED) is 0.422. The largest absolute Gasteiger partial charge is 0.303 e. The second kappa shape index (κ2) is 12.4. The molecule has 0 aliphatic rings. The lowest BCUT2D eigenvalue weighted by Gasteiger charge is -2.28. The van der Waals surface area contributed by atoms with E-state index in [2.05, 4.69) is 32.7 Å². The lowest BCUT2D eigenvalue weighted by atomic mass is 10.0. The van der Waals surface area contributed by atoms with Crippen LogP contribution >= 0.6 is 0 Å². The summed E-state index contributed by atoms with van der Waals surface area (Å²) in [5.74, 6) is 0. The zero-order valence-electron chi connectivity index (χ0n) is 12.8. The number of hydrogen-bond donors (Lipinski definition) is 0. The van der Waals surface area contributed by atoms with Crippen LogP contribution in [0.2, 0.25) is 0 Å². The summed E-state index contributed by atoms with van der Waals surface area (Å²) < 4.78 is 0. The molecule has 0 heterocycles. The Bertz CT molecular complexity index is 144. The van der Waals surface area contributed by atoms with Crippen LogP contribution in [0.25, 0.3) is 0 Å². The average molecular weight is 241 g/mol. The molecule has 0 N–H and O–H groups in total. The Morgan fingerprint density at radius 3 is 1.94 bits per heavy atom. The normalized spacial score (nSPS) is 13.2. The van der Waals surface area contributed by atoms with Crippen LogP contribution in [0.3, 0.4) is 0 Å². The molecule has 0 bridgehead atoms. The van der Waals surface area contributed by atoms with Crippen molar-refractivity contribution >= 4 is 0 Å². The second-order valence-corrected chi connectivity index (χ2v) is 5.48. The molecule has 0 aliphatic heterocycles. The summed E-state index contributed by atoms with van der Waals surface area (Å²) in [6.45, 7) is 8.20. The zero-order chi connectivity index (χ0) is 12.9. The first-order valence-corrected chi connectivity index (χ1v) is 7.96. The predicted molar refractivity (Wildman–Crippen MR) is 79.6 cm³/mol. The molecule has 0 aromatic heterocycles. The minimum absolute atomic E-state index is 0.839. The Labute approximate surface area is 110 Å². The molecule has 0 saturated heterocycles. The summed E-state index contributed by atoms with van der Waals surface area (Å²) in [6, 6.07) is 0.839. The van der Waals surface area contributed by atoms with Crippen LogP contribution in [0.1, 0.15) is 85.0 Å². The SMILES string of the molecule is CCCCCCCN(C)C(CCC)CCCC. The smallest absolute Gasteiger partial charge is 0.00921 e. The van der Waals surface area contributed by atoms with E-state index >= 15 is 0 Å². The van der Waals surface area contributed by atoms with Crippen LogP contribution in [0, 0.1) is 0 Å². The zero-order valence-corrected chi connectivity index (χ0v) is 12.8. The molecule has 0 radical (unpaired) electrons. The number of rotatable bonds is 12. The van der Waals surface area contributed by atoms with Crippen molar-refractivity contribution in [1.82, 2.24) is 4.90 Å². The van der Waals surface area contributed by atoms with Crippen LogP contribution < -0.4 is 0 Å². The summed E-state index contributed by atoms with van der Waals surface area (Å²) >= 11 is 0. The molecule has 1 atom stereocenters. The first-order chi connectivity index (χ1) is 8.26. The van der Waals surface area contributed by atoms with Crippen LogP contribution in [-0.4, -0.2) is 24.5 Å². The van der Waals surface area contributed by atoms with E-state index in [1.54, 1.807) is 0 Å². The maximum Gasteiger partial charge on any atom is 0.00921 e. The monoisotopic (exact) mass is 241 g/mol. The molecule has 1 nitrogen and oxygen atoms in total. The van der Waals surface area contributed by atoms with Gasteiger partial charge in [-0.25, -0.2) is 0 Å². The number of hydrogen-bond acceptors (Lipinski definition) is 1. The van der Waals surface area contributed by atoms with Gasteiger partial charge >= 0.3 is 0 Å². The molecule has 0 rings (SSSR count). The molecule has 0 amide bonds. The molecule has 104 valence electrons. The van der Waals surface area contributed by atoms with Crippen molar-refractivity contribution in [3.8, 4) is 0 Å². The summed E-state index contributed by atoms with van der Waals surface area (Å²) in [5.41, 5.74) is 0. The van der Waals surface area contributed by atoms with Crippen LogP contribution in [0.4, 0.5) is 0 Å². The predicted octanol–water partition coefficient (Wildman–Crippen LogP) is 5.25. The third-order valence-electron chi connectivity index (χ3n) is 3.75. The highest BCUT2D eigenvalue weighted by Gasteiger charge is 2.12. The summed E-state index contributed by atoms with van der Waals surface area (Å²) in [4.78, 5) is 2.62. The van der Waals surface area contributed by atoms with E-state index in [1.165, 1.54) is 70.8 Å².